The monoisotopic (exact) mass is 300 g/mol. The highest BCUT2D eigenvalue weighted by Crippen LogP contribution is 2.28. The van der Waals surface area contributed by atoms with Crippen molar-refractivity contribution in [1.82, 2.24) is 15.1 Å². The summed E-state index contributed by atoms with van der Waals surface area (Å²) < 4.78 is 2.04. The second-order valence-corrected chi connectivity index (χ2v) is 5.34. The summed E-state index contributed by atoms with van der Waals surface area (Å²) in [6.07, 6.45) is 8.69. The van der Waals surface area contributed by atoms with Crippen molar-refractivity contribution in [3.05, 3.63) is 18.0 Å². The average Bonchev–Trinajstić information content (AvgIpc) is 3.06. The molecule has 114 valence electrons. The summed E-state index contributed by atoms with van der Waals surface area (Å²) in [5.41, 5.74) is 6.67. The Kier molecular flexibility index (Phi) is 7.02. The van der Waals surface area contributed by atoms with Gasteiger partial charge in [0.2, 0.25) is 5.91 Å². The third kappa shape index (κ3) is 4.49. The van der Waals surface area contributed by atoms with Crippen molar-refractivity contribution < 1.29 is 4.79 Å². The van der Waals surface area contributed by atoms with E-state index in [1.54, 1.807) is 0 Å². The molecular weight excluding hydrogens is 276 g/mol. The fraction of sp³-hybridized carbons (Fsp3) is 0.714. The number of rotatable bonds is 6. The molecule has 1 atom stereocenters. The van der Waals surface area contributed by atoms with Crippen LogP contribution in [0, 0.1) is 0 Å². The Bertz CT molecular complexity index is 415. The van der Waals surface area contributed by atoms with Gasteiger partial charge >= 0.3 is 0 Å². The van der Waals surface area contributed by atoms with Crippen molar-refractivity contribution in [2.24, 2.45) is 5.73 Å². The normalized spacial score (nSPS) is 16.7. The summed E-state index contributed by atoms with van der Waals surface area (Å²) in [6, 6.07) is 2.12. The van der Waals surface area contributed by atoms with Crippen LogP contribution in [0.15, 0.2) is 12.3 Å². The molecular formula is C14H25ClN4O. The lowest BCUT2D eigenvalue weighted by atomic mass is 10.2. The second-order valence-electron chi connectivity index (χ2n) is 5.34. The van der Waals surface area contributed by atoms with Gasteiger partial charge in [0.1, 0.15) is 0 Å². The Morgan fingerprint density at radius 1 is 1.55 bits per heavy atom. The van der Waals surface area contributed by atoms with Crippen LogP contribution in [0.3, 0.4) is 0 Å². The molecule has 5 nitrogen and oxygen atoms in total. The number of amides is 1. The van der Waals surface area contributed by atoms with E-state index in [-0.39, 0.29) is 18.3 Å². The van der Waals surface area contributed by atoms with Gasteiger partial charge in [-0.05, 0) is 25.3 Å². The van der Waals surface area contributed by atoms with Crippen LogP contribution >= 0.6 is 12.4 Å². The van der Waals surface area contributed by atoms with Crippen molar-refractivity contribution in [1.29, 1.82) is 0 Å². The van der Waals surface area contributed by atoms with Gasteiger partial charge in [-0.1, -0.05) is 26.2 Å². The van der Waals surface area contributed by atoms with Crippen molar-refractivity contribution in [3.8, 4) is 0 Å². The Morgan fingerprint density at radius 3 is 2.90 bits per heavy atom. The van der Waals surface area contributed by atoms with Crippen molar-refractivity contribution in [2.45, 2.75) is 64.1 Å². The van der Waals surface area contributed by atoms with E-state index in [2.05, 4.69) is 10.4 Å². The van der Waals surface area contributed by atoms with Crippen molar-refractivity contribution in [2.75, 3.05) is 0 Å². The van der Waals surface area contributed by atoms with E-state index in [1.165, 1.54) is 25.7 Å². The molecule has 2 rings (SSSR count). The number of nitrogens with zero attached hydrogens (tertiary/aromatic N) is 2. The zero-order valence-electron chi connectivity index (χ0n) is 12.0. The van der Waals surface area contributed by atoms with E-state index >= 15 is 0 Å². The summed E-state index contributed by atoms with van der Waals surface area (Å²) in [6.45, 7) is 2.49. The Hall–Kier alpha value is -1.07. The molecule has 6 heteroatoms. The number of aromatic nitrogens is 2. The van der Waals surface area contributed by atoms with E-state index in [4.69, 9.17) is 5.73 Å². The van der Waals surface area contributed by atoms with Gasteiger partial charge in [-0.3, -0.25) is 9.48 Å². The summed E-state index contributed by atoms with van der Waals surface area (Å²) in [5, 5.41) is 7.38. The summed E-state index contributed by atoms with van der Waals surface area (Å²) in [5.74, 6) is -0.0859. The van der Waals surface area contributed by atoms with E-state index in [0.29, 0.717) is 12.6 Å². The highest BCUT2D eigenvalue weighted by molar-refractivity contribution is 5.85. The predicted octanol–water partition coefficient (Wildman–Crippen LogP) is 2.16. The highest BCUT2D eigenvalue weighted by atomic mass is 35.5. The molecule has 1 fully saturated rings. The fourth-order valence-corrected chi connectivity index (χ4v) is 2.59. The number of halogens is 1. The first-order valence-electron chi connectivity index (χ1n) is 7.28. The molecule has 0 saturated heterocycles. The topological polar surface area (TPSA) is 72.9 Å². The van der Waals surface area contributed by atoms with Gasteiger partial charge in [0.05, 0.1) is 24.3 Å². The van der Waals surface area contributed by atoms with Gasteiger partial charge in [0.15, 0.2) is 0 Å². The molecule has 1 aromatic heterocycles. The summed E-state index contributed by atoms with van der Waals surface area (Å²) >= 11 is 0. The first kappa shape index (κ1) is 17.0. The zero-order valence-corrected chi connectivity index (χ0v) is 12.9. The molecule has 1 saturated carbocycles. The third-order valence-electron chi connectivity index (χ3n) is 3.74. The van der Waals surface area contributed by atoms with Crippen LogP contribution in [0.2, 0.25) is 0 Å². The van der Waals surface area contributed by atoms with E-state index < -0.39 is 6.04 Å². The molecule has 0 spiro atoms. The lowest BCUT2D eigenvalue weighted by molar-refractivity contribution is -0.122. The van der Waals surface area contributed by atoms with Gasteiger partial charge in [-0.25, -0.2) is 0 Å². The van der Waals surface area contributed by atoms with Gasteiger partial charge in [-0.15, -0.1) is 12.4 Å². The summed E-state index contributed by atoms with van der Waals surface area (Å²) in [7, 11) is 0. The molecule has 0 bridgehead atoms. The van der Waals surface area contributed by atoms with Crippen LogP contribution in [0.25, 0.3) is 0 Å². The molecule has 0 radical (unpaired) electrons. The molecule has 0 aromatic carbocycles. The van der Waals surface area contributed by atoms with Gasteiger partial charge in [0.25, 0.3) is 0 Å². The maximum Gasteiger partial charge on any atom is 0.237 e. The van der Waals surface area contributed by atoms with Crippen LogP contribution in [0.1, 0.15) is 57.2 Å². The molecule has 1 heterocycles. The smallest absolute Gasteiger partial charge is 0.237 e. The van der Waals surface area contributed by atoms with Crippen LogP contribution in [-0.2, 0) is 11.3 Å². The Balaban J connectivity index is 0.00000200. The lowest BCUT2D eigenvalue weighted by Crippen LogP contribution is -2.40. The molecule has 1 aromatic rings. The van der Waals surface area contributed by atoms with Crippen LogP contribution < -0.4 is 11.1 Å². The van der Waals surface area contributed by atoms with Crippen molar-refractivity contribution >= 4 is 18.3 Å². The standard InChI is InChI=1S/C14H24N4O.ClH/c1-2-5-13(15)14(19)16-10-11-8-9-18(17-11)12-6-3-4-7-12;/h8-9,12-13H,2-7,10,15H2,1H3,(H,16,19);1H. The van der Waals surface area contributed by atoms with E-state index in [0.717, 1.165) is 18.5 Å². The second kappa shape index (κ2) is 8.27. The minimum Gasteiger partial charge on any atom is -0.349 e. The van der Waals surface area contributed by atoms with Gasteiger partial charge in [0, 0.05) is 6.20 Å². The first-order valence-corrected chi connectivity index (χ1v) is 7.28. The highest BCUT2D eigenvalue weighted by Gasteiger charge is 2.18. The first-order chi connectivity index (χ1) is 9.20. The number of nitrogens with two attached hydrogens (primary N) is 1. The molecule has 1 aliphatic rings. The fourth-order valence-electron chi connectivity index (χ4n) is 2.59. The largest absolute Gasteiger partial charge is 0.349 e. The van der Waals surface area contributed by atoms with Crippen LogP contribution in [-0.4, -0.2) is 21.7 Å². The van der Waals surface area contributed by atoms with Crippen LogP contribution in [0.4, 0.5) is 0 Å². The average molecular weight is 301 g/mol. The van der Waals surface area contributed by atoms with Gasteiger partial charge < -0.3 is 11.1 Å². The number of carbonyl (C=O) groups excluding carboxylic acids is 1. The van der Waals surface area contributed by atoms with E-state index in [1.807, 2.05) is 23.9 Å². The molecule has 3 N–H and O–H groups in total. The molecule has 0 aliphatic heterocycles. The lowest BCUT2D eigenvalue weighted by Gasteiger charge is -2.11. The SMILES string of the molecule is CCCC(N)C(=O)NCc1ccn(C2CCCC2)n1.Cl. The number of hydrogen-bond acceptors (Lipinski definition) is 3. The minimum atomic E-state index is -0.401. The maximum absolute atomic E-state index is 11.7. The van der Waals surface area contributed by atoms with Crippen LogP contribution in [0.5, 0.6) is 0 Å². The zero-order chi connectivity index (χ0) is 13.7. The summed E-state index contributed by atoms with van der Waals surface area (Å²) in [4.78, 5) is 11.7. The maximum atomic E-state index is 11.7. The predicted molar refractivity (Wildman–Crippen MR) is 81.7 cm³/mol. The quantitative estimate of drug-likeness (QED) is 0.845. The molecule has 1 aliphatic carbocycles. The molecule has 1 amide bonds. The minimum absolute atomic E-state index is 0. The molecule has 20 heavy (non-hydrogen) atoms. The number of hydrogen-bond donors (Lipinski definition) is 2. The Morgan fingerprint density at radius 2 is 2.25 bits per heavy atom. The number of carbonyl (C=O) groups is 1. The molecule has 1 unspecified atom stereocenters. The van der Waals surface area contributed by atoms with Gasteiger partial charge in [-0.2, -0.15) is 5.10 Å². The van der Waals surface area contributed by atoms with E-state index in [9.17, 15) is 4.79 Å². The Labute approximate surface area is 126 Å². The number of nitrogens with one attached hydrogen (secondary N) is 1. The van der Waals surface area contributed by atoms with Crippen molar-refractivity contribution in [3.63, 3.8) is 0 Å². The third-order valence-corrected chi connectivity index (χ3v) is 3.74.